The van der Waals surface area contributed by atoms with Gasteiger partial charge in [-0.25, -0.2) is 17.2 Å². The Balaban J connectivity index is 1.70. The first kappa shape index (κ1) is 34.9. The van der Waals surface area contributed by atoms with Crippen LogP contribution in [-0.2, 0) is 29.8 Å². The lowest BCUT2D eigenvalue weighted by Gasteiger charge is -2.48. The van der Waals surface area contributed by atoms with Crippen molar-refractivity contribution in [3.05, 3.63) is 59.4 Å². The molecule has 0 bridgehead atoms. The van der Waals surface area contributed by atoms with Gasteiger partial charge in [0.05, 0.1) is 16.9 Å². The van der Waals surface area contributed by atoms with E-state index in [1.165, 1.54) is 9.80 Å². The Labute approximate surface area is 265 Å². The van der Waals surface area contributed by atoms with E-state index in [2.05, 4.69) is 0 Å². The number of carboxylic acid groups (broad SMARTS) is 1. The summed E-state index contributed by atoms with van der Waals surface area (Å²) in [6.07, 6.45) is -11.9. The number of fused-ring (bicyclic) bond motifs is 3. The van der Waals surface area contributed by atoms with Crippen LogP contribution in [0.1, 0.15) is 56.6 Å². The van der Waals surface area contributed by atoms with Gasteiger partial charge in [0, 0.05) is 36.8 Å². The van der Waals surface area contributed by atoms with Crippen molar-refractivity contribution in [2.24, 2.45) is 11.8 Å². The second kappa shape index (κ2) is 11.9. The van der Waals surface area contributed by atoms with Crippen LogP contribution in [0.2, 0.25) is 0 Å². The highest BCUT2D eigenvalue weighted by molar-refractivity contribution is 7.92. The number of carbonyl (C=O) groups is 2. The van der Waals surface area contributed by atoms with Crippen molar-refractivity contribution in [3.8, 4) is 0 Å². The molecule has 2 atom stereocenters. The number of halogens is 8. The first-order valence-electron chi connectivity index (χ1n) is 15.1. The number of sulfone groups is 1. The first-order valence-corrected chi connectivity index (χ1v) is 16.5. The van der Waals surface area contributed by atoms with Crippen molar-refractivity contribution in [2.45, 2.75) is 79.2 Å². The van der Waals surface area contributed by atoms with Crippen LogP contribution in [0.5, 0.6) is 0 Å². The minimum atomic E-state index is -6.40. The minimum Gasteiger partial charge on any atom is -0.481 e. The summed E-state index contributed by atoms with van der Waals surface area (Å²) in [5.74, 6) is -3.47. The zero-order chi connectivity index (χ0) is 34.7. The summed E-state index contributed by atoms with van der Waals surface area (Å²) >= 11 is 0. The van der Waals surface area contributed by atoms with Crippen molar-refractivity contribution < 1.29 is 58.2 Å². The average molecular weight is 697 g/mol. The molecule has 1 amide bonds. The molecular formula is C31H32F8N2O5S. The highest BCUT2D eigenvalue weighted by Crippen LogP contribution is 2.58. The Bertz CT molecular complexity index is 1620. The highest BCUT2D eigenvalue weighted by Gasteiger charge is 2.74. The topological polar surface area (TPSA) is 95.0 Å². The minimum absolute atomic E-state index is 0.0166. The summed E-state index contributed by atoms with van der Waals surface area (Å²) in [4.78, 5) is 27.8. The standard InChI is InChI=1S/C31H32F8N2O5S/c1-2-14-40-17-25-28(47(45,46)22-10-8-21(32)9-11-22,13-15-41(25)26(42)18-3-5-19(6-4-18)27(43)44)23-12-7-20(16-24(23)40)29(33,30(34,35)36)31(37,38)39/h7-12,16,18-19,25H,2-6,13-15,17H2,1H3,(H,43,44)/t18-,19-,25?,28?. The van der Waals surface area contributed by atoms with E-state index < -0.39 is 73.7 Å². The number of hydrogen-bond donors (Lipinski definition) is 1. The van der Waals surface area contributed by atoms with E-state index >= 15 is 4.39 Å². The van der Waals surface area contributed by atoms with Gasteiger partial charge in [-0.2, -0.15) is 26.3 Å². The fourth-order valence-corrected chi connectivity index (χ4v) is 9.73. The molecule has 47 heavy (non-hydrogen) atoms. The lowest BCUT2D eigenvalue weighted by molar-refractivity contribution is -0.348. The fraction of sp³-hybridized carbons (Fsp3) is 0.548. The maximum absolute atomic E-state index is 15.3. The molecule has 0 aromatic heterocycles. The summed E-state index contributed by atoms with van der Waals surface area (Å²) in [6, 6.07) is 4.00. The SMILES string of the molecule is CCCN1CC2N(C(=O)[C@H]3CC[C@H](C(=O)O)CC3)CCC2(S(=O)(=O)c2ccc(F)cc2)c2ccc(C(F)(C(F)(F)F)C(F)(F)F)cc21. The maximum Gasteiger partial charge on any atom is 0.435 e. The Morgan fingerprint density at radius 1 is 0.915 bits per heavy atom. The lowest BCUT2D eigenvalue weighted by atomic mass is 9.80. The molecule has 2 aliphatic heterocycles. The van der Waals surface area contributed by atoms with Crippen molar-refractivity contribution >= 4 is 27.4 Å². The first-order chi connectivity index (χ1) is 21.8. The molecule has 1 N–H and O–H groups in total. The molecule has 0 spiro atoms. The van der Waals surface area contributed by atoms with Crippen LogP contribution in [-0.4, -0.2) is 68.3 Å². The Morgan fingerprint density at radius 2 is 1.49 bits per heavy atom. The fourth-order valence-electron chi connectivity index (χ4n) is 7.43. The van der Waals surface area contributed by atoms with Crippen molar-refractivity contribution in [2.75, 3.05) is 24.5 Å². The third-order valence-electron chi connectivity index (χ3n) is 9.81. The number of nitrogens with zero attached hydrogens (tertiary/aromatic N) is 2. The second-order valence-corrected chi connectivity index (χ2v) is 14.6. The van der Waals surface area contributed by atoms with E-state index in [1.807, 2.05) is 0 Å². The number of aliphatic carboxylic acids is 1. The Morgan fingerprint density at radius 3 is 2.02 bits per heavy atom. The van der Waals surface area contributed by atoms with Gasteiger partial charge < -0.3 is 14.9 Å². The van der Waals surface area contributed by atoms with E-state index in [0.29, 0.717) is 12.5 Å². The molecule has 2 aromatic rings. The predicted octanol–water partition coefficient (Wildman–Crippen LogP) is 6.51. The Kier molecular flexibility index (Phi) is 8.85. The lowest BCUT2D eigenvalue weighted by Crippen LogP contribution is -2.59. The third kappa shape index (κ3) is 5.43. The van der Waals surface area contributed by atoms with Gasteiger partial charge in [0.2, 0.25) is 5.91 Å². The van der Waals surface area contributed by atoms with Crippen molar-refractivity contribution in [1.82, 2.24) is 4.90 Å². The van der Waals surface area contributed by atoms with Crippen LogP contribution in [0.4, 0.5) is 40.8 Å². The van der Waals surface area contributed by atoms with Crippen LogP contribution >= 0.6 is 0 Å². The number of amides is 1. The largest absolute Gasteiger partial charge is 0.481 e. The highest BCUT2D eigenvalue weighted by atomic mass is 32.2. The van der Waals surface area contributed by atoms with E-state index in [1.54, 1.807) is 6.92 Å². The molecule has 7 nitrogen and oxygen atoms in total. The smallest absolute Gasteiger partial charge is 0.435 e. The number of rotatable bonds is 7. The second-order valence-electron chi connectivity index (χ2n) is 12.4. The third-order valence-corrected chi connectivity index (χ3v) is 12.4. The summed E-state index contributed by atoms with van der Waals surface area (Å²) in [5.41, 5.74) is -8.09. The summed E-state index contributed by atoms with van der Waals surface area (Å²) in [5, 5.41) is 9.37. The van der Waals surface area contributed by atoms with Crippen LogP contribution in [0, 0.1) is 17.7 Å². The summed E-state index contributed by atoms with van der Waals surface area (Å²) < 4.78 is 139. The van der Waals surface area contributed by atoms with Gasteiger partial charge in [-0.15, -0.1) is 0 Å². The molecule has 2 heterocycles. The molecule has 2 unspecified atom stereocenters. The number of hydrogen-bond acceptors (Lipinski definition) is 5. The van der Waals surface area contributed by atoms with Crippen LogP contribution in [0.15, 0.2) is 47.4 Å². The van der Waals surface area contributed by atoms with Gasteiger partial charge >= 0.3 is 24.0 Å². The molecule has 3 aliphatic rings. The van der Waals surface area contributed by atoms with Gasteiger partial charge in [0.1, 0.15) is 10.6 Å². The molecule has 1 saturated heterocycles. The van der Waals surface area contributed by atoms with Gasteiger partial charge in [-0.05, 0) is 74.4 Å². The predicted molar refractivity (Wildman–Crippen MR) is 152 cm³/mol. The number of anilines is 1. The molecule has 0 radical (unpaired) electrons. The monoisotopic (exact) mass is 696 g/mol. The van der Waals surface area contributed by atoms with Gasteiger partial charge in [0.25, 0.3) is 0 Å². The molecule has 2 aromatic carbocycles. The van der Waals surface area contributed by atoms with E-state index in [0.717, 1.165) is 30.3 Å². The molecule has 1 saturated carbocycles. The van der Waals surface area contributed by atoms with Crippen molar-refractivity contribution in [3.63, 3.8) is 0 Å². The zero-order valence-corrected chi connectivity index (χ0v) is 25.9. The van der Waals surface area contributed by atoms with E-state index in [-0.39, 0.29) is 74.0 Å². The summed E-state index contributed by atoms with van der Waals surface area (Å²) in [6.45, 7) is 1.22. The number of likely N-dealkylation sites (tertiary alicyclic amines) is 1. The van der Waals surface area contributed by atoms with Crippen LogP contribution < -0.4 is 4.90 Å². The molecular weight excluding hydrogens is 664 g/mol. The number of benzene rings is 2. The maximum atomic E-state index is 15.3. The normalized spacial score (nSPS) is 25.3. The average Bonchev–Trinajstić information content (AvgIpc) is 3.40. The molecule has 2 fully saturated rings. The Hall–Kier alpha value is -3.43. The number of carbonyl (C=O) groups excluding carboxylic acids is 1. The van der Waals surface area contributed by atoms with Gasteiger partial charge in [-0.3, -0.25) is 9.59 Å². The van der Waals surface area contributed by atoms with Crippen LogP contribution in [0.3, 0.4) is 0 Å². The van der Waals surface area contributed by atoms with Gasteiger partial charge in [0.15, 0.2) is 9.84 Å². The van der Waals surface area contributed by atoms with Crippen LogP contribution in [0.25, 0.3) is 0 Å². The summed E-state index contributed by atoms with van der Waals surface area (Å²) in [7, 11) is -4.65. The van der Waals surface area contributed by atoms with E-state index in [4.69, 9.17) is 0 Å². The quantitative estimate of drug-likeness (QED) is 0.262. The number of alkyl halides is 7. The molecule has 16 heteroatoms. The van der Waals surface area contributed by atoms with E-state index in [9.17, 15) is 53.8 Å². The van der Waals surface area contributed by atoms with Crippen molar-refractivity contribution in [1.29, 1.82) is 0 Å². The number of carboxylic acids is 1. The molecule has 258 valence electrons. The zero-order valence-electron chi connectivity index (χ0n) is 25.0. The molecule has 1 aliphatic carbocycles. The van der Waals surface area contributed by atoms with Gasteiger partial charge in [-0.1, -0.05) is 19.1 Å². The molecule has 5 rings (SSSR count).